The van der Waals surface area contributed by atoms with Gasteiger partial charge in [-0.2, -0.15) is 4.39 Å². The van der Waals surface area contributed by atoms with Gasteiger partial charge >= 0.3 is 0 Å². The Bertz CT molecular complexity index is 1760. The SMILES string of the molecule is Cc1ccc(CS(=O)(=O)Nc2c(F)cc(Oc3ncccc3-c3ccnc(N[C@@H]4CNC[C@@H](F)C4)n3)c(F)c2F)c(F)c1. The Balaban J connectivity index is 1.38. The Morgan fingerprint density at radius 2 is 1.81 bits per heavy atom. The van der Waals surface area contributed by atoms with Gasteiger partial charge in [0, 0.05) is 49.6 Å². The predicted molar refractivity (Wildman–Crippen MR) is 149 cm³/mol. The van der Waals surface area contributed by atoms with Gasteiger partial charge in [0.15, 0.2) is 17.4 Å². The largest absolute Gasteiger partial charge is 0.435 e. The molecule has 1 fully saturated rings. The lowest BCUT2D eigenvalue weighted by atomic mass is 10.1. The number of alkyl halides is 1. The third-order valence-corrected chi connectivity index (χ3v) is 7.68. The molecule has 9 nitrogen and oxygen atoms in total. The average Bonchev–Trinajstić information content (AvgIpc) is 2.96. The van der Waals surface area contributed by atoms with E-state index in [1.165, 1.54) is 42.7 Å². The number of sulfonamides is 1. The minimum atomic E-state index is -4.55. The highest BCUT2D eigenvalue weighted by molar-refractivity contribution is 7.91. The fourth-order valence-electron chi connectivity index (χ4n) is 4.44. The summed E-state index contributed by atoms with van der Waals surface area (Å²) < 4.78 is 105. The maximum absolute atomic E-state index is 15.1. The number of anilines is 2. The average molecular weight is 621 g/mol. The van der Waals surface area contributed by atoms with Crippen LogP contribution < -0.4 is 20.1 Å². The molecule has 0 aliphatic carbocycles. The van der Waals surface area contributed by atoms with Gasteiger partial charge < -0.3 is 15.4 Å². The second-order valence-electron chi connectivity index (χ2n) is 9.87. The Morgan fingerprint density at radius 3 is 2.58 bits per heavy atom. The molecule has 2 aromatic heterocycles. The second kappa shape index (κ2) is 12.5. The number of piperidine rings is 1. The molecule has 0 saturated carbocycles. The Hall–Kier alpha value is -4.37. The maximum Gasteiger partial charge on any atom is 0.237 e. The molecule has 0 spiro atoms. The number of rotatable bonds is 9. The Morgan fingerprint density at radius 1 is 1.00 bits per heavy atom. The summed E-state index contributed by atoms with van der Waals surface area (Å²) in [5.41, 5.74) is -0.522. The molecule has 2 atom stereocenters. The summed E-state index contributed by atoms with van der Waals surface area (Å²) in [6.07, 6.45) is 1.95. The van der Waals surface area contributed by atoms with E-state index in [1.807, 2.05) is 0 Å². The number of pyridine rings is 1. The van der Waals surface area contributed by atoms with Gasteiger partial charge in [-0.1, -0.05) is 12.1 Å². The molecule has 1 saturated heterocycles. The number of nitrogens with one attached hydrogen (secondary N) is 3. The topological polar surface area (TPSA) is 118 Å². The third kappa shape index (κ3) is 7.17. The van der Waals surface area contributed by atoms with E-state index >= 15 is 4.39 Å². The van der Waals surface area contributed by atoms with E-state index in [1.54, 1.807) is 11.6 Å². The zero-order valence-electron chi connectivity index (χ0n) is 22.5. The van der Waals surface area contributed by atoms with Gasteiger partial charge in [-0.3, -0.25) is 4.72 Å². The smallest absolute Gasteiger partial charge is 0.237 e. The monoisotopic (exact) mass is 620 g/mol. The fourth-order valence-corrected chi connectivity index (χ4v) is 5.65. The summed E-state index contributed by atoms with van der Waals surface area (Å²) in [6.45, 7) is 2.36. The highest BCUT2D eigenvalue weighted by Crippen LogP contribution is 2.36. The van der Waals surface area contributed by atoms with Crippen LogP contribution in [0, 0.1) is 30.2 Å². The number of nitrogens with zero attached hydrogens (tertiary/aromatic N) is 3. The molecular weight excluding hydrogens is 595 g/mol. The van der Waals surface area contributed by atoms with Crippen LogP contribution in [0.4, 0.5) is 33.6 Å². The zero-order valence-corrected chi connectivity index (χ0v) is 23.4. The molecular formula is C28H25F5N6O3S. The van der Waals surface area contributed by atoms with E-state index in [-0.39, 0.29) is 47.7 Å². The van der Waals surface area contributed by atoms with Gasteiger partial charge in [-0.05, 0) is 36.8 Å². The van der Waals surface area contributed by atoms with E-state index < -0.39 is 56.7 Å². The molecule has 1 aliphatic heterocycles. The van der Waals surface area contributed by atoms with Crippen molar-refractivity contribution in [3.8, 4) is 22.9 Å². The van der Waals surface area contributed by atoms with Crippen molar-refractivity contribution in [2.45, 2.75) is 31.3 Å². The van der Waals surface area contributed by atoms with Crippen LogP contribution in [0.25, 0.3) is 11.3 Å². The highest BCUT2D eigenvalue weighted by atomic mass is 32.2. The van der Waals surface area contributed by atoms with Crippen LogP contribution >= 0.6 is 0 Å². The number of ether oxygens (including phenoxy) is 1. The summed E-state index contributed by atoms with van der Waals surface area (Å²) in [4.78, 5) is 12.6. The molecule has 15 heteroatoms. The molecule has 43 heavy (non-hydrogen) atoms. The number of aromatic nitrogens is 3. The van der Waals surface area contributed by atoms with E-state index in [9.17, 15) is 26.0 Å². The third-order valence-electron chi connectivity index (χ3n) is 6.48. The van der Waals surface area contributed by atoms with Crippen molar-refractivity contribution in [2.75, 3.05) is 23.1 Å². The van der Waals surface area contributed by atoms with E-state index in [2.05, 4.69) is 25.6 Å². The van der Waals surface area contributed by atoms with Crippen molar-refractivity contribution in [3.63, 3.8) is 0 Å². The Labute approximate surface area is 243 Å². The first kappa shape index (κ1) is 30.1. The second-order valence-corrected chi connectivity index (χ2v) is 11.6. The first-order valence-corrected chi connectivity index (χ1v) is 14.6. The molecule has 3 N–H and O–H groups in total. The van der Waals surface area contributed by atoms with Gasteiger partial charge in [0.05, 0.1) is 17.0 Å². The number of hydrogen-bond acceptors (Lipinski definition) is 8. The van der Waals surface area contributed by atoms with Crippen LogP contribution in [0.5, 0.6) is 11.6 Å². The molecule has 4 aromatic rings. The van der Waals surface area contributed by atoms with E-state index in [0.717, 1.165) is 6.07 Å². The number of aryl methyl sites for hydroxylation is 1. The van der Waals surface area contributed by atoms with Crippen molar-refractivity contribution in [2.24, 2.45) is 0 Å². The van der Waals surface area contributed by atoms with Gasteiger partial charge in [0.1, 0.15) is 17.7 Å². The van der Waals surface area contributed by atoms with Gasteiger partial charge in [-0.15, -0.1) is 0 Å². The lowest BCUT2D eigenvalue weighted by Crippen LogP contribution is -2.44. The molecule has 1 aliphatic rings. The van der Waals surface area contributed by atoms with Crippen molar-refractivity contribution < 1.29 is 35.1 Å². The Kier molecular flexibility index (Phi) is 8.73. The van der Waals surface area contributed by atoms with Crippen LogP contribution in [-0.4, -0.2) is 48.7 Å². The molecule has 2 aromatic carbocycles. The summed E-state index contributed by atoms with van der Waals surface area (Å²) in [5, 5.41) is 6.00. The fraction of sp³-hybridized carbons (Fsp3) is 0.250. The van der Waals surface area contributed by atoms with Crippen LogP contribution in [0.3, 0.4) is 0 Å². The first-order chi connectivity index (χ1) is 20.5. The molecule has 0 unspecified atom stereocenters. The van der Waals surface area contributed by atoms with Crippen LogP contribution in [0.2, 0.25) is 0 Å². The normalized spacial score (nSPS) is 17.0. The van der Waals surface area contributed by atoms with Crippen molar-refractivity contribution >= 4 is 21.7 Å². The lowest BCUT2D eigenvalue weighted by Gasteiger charge is -2.26. The summed E-state index contributed by atoms with van der Waals surface area (Å²) >= 11 is 0. The van der Waals surface area contributed by atoms with Crippen LogP contribution in [0.15, 0.2) is 54.9 Å². The molecule has 5 rings (SSSR count). The van der Waals surface area contributed by atoms with Crippen molar-refractivity contribution in [1.82, 2.24) is 20.3 Å². The van der Waals surface area contributed by atoms with E-state index in [0.29, 0.717) is 18.2 Å². The van der Waals surface area contributed by atoms with Crippen molar-refractivity contribution in [1.29, 1.82) is 0 Å². The lowest BCUT2D eigenvalue weighted by molar-refractivity contribution is 0.254. The molecule has 3 heterocycles. The summed E-state index contributed by atoms with van der Waals surface area (Å²) in [6, 6.07) is 8.54. The minimum absolute atomic E-state index is 0.179. The van der Waals surface area contributed by atoms with Gasteiger partial charge in [0.2, 0.25) is 27.7 Å². The summed E-state index contributed by atoms with van der Waals surface area (Å²) in [5.74, 6) is -7.84. The van der Waals surface area contributed by atoms with Gasteiger partial charge in [-0.25, -0.2) is 40.9 Å². The quantitative estimate of drug-likeness (QED) is 0.172. The zero-order chi connectivity index (χ0) is 30.7. The maximum atomic E-state index is 15.1. The highest BCUT2D eigenvalue weighted by Gasteiger charge is 2.26. The van der Waals surface area contributed by atoms with E-state index in [4.69, 9.17) is 4.74 Å². The molecule has 0 radical (unpaired) electrons. The molecule has 0 amide bonds. The van der Waals surface area contributed by atoms with Crippen LogP contribution in [-0.2, 0) is 15.8 Å². The standard InChI is InChI=1S/C28H25F5N6O3S/c1-15-4-5-16(20(30)9-15)14-43(40,41)39-26-21(31)11-23(24(32)25(26)33)42-27-19(3-2-7-35-27)22-6-8-36-28(38-22)37-18-10-17(29)12-34-13-18/h2-9,11,17-18,34,39H,10,12-14H2,1H3,(H,36,37,38)/t17-,18-/m0/s1. The minimum Gasteiger partial charge on any atom is -0.435 e. The summed E-state index contributed by atoms with van der Waals surface area (Å²) in [7, 11) is -4.55. The number of halogens is 5. The van der Waals surface area contributed by atoms with Gasteiger partial charge in [0.25, 0.3) is 0 Å². The molecule has 0 bridgehead atoms. The number of benzene rings is 2. The first-order valence-electron chi connectivity index (χ1n) is 13.0. The van der Waals surface area contributed by atoms with Crippen LogP contribution in [0.1, 0.15) is 17.5 Å². The molecule has 226 valence electrons. The number of hydrogen-bond donors (Lipinski definition) is 3. The van der Waals surface area contributed by atoms with Crippen molar-refractivity contribution in [3.05, 3.63) is 89.3 Å². The predicted octanol–water partition coefficient (Wildman–Crippen LogP) is 5.25.